The summed E-state index contributed by atoms with van der Waals surface area (Å²) in [5.74, 6) is -0.0202. The van der Waals surface area contributed by atoms with Gasteiger partial charge in [0.15, 0.2) is 0 Å². The first-order valence-corrected chi connectivity index (χ1v) is 38.1. The highest BCUT2D eigenvalue weighted by Gasteiger charge is 2.20. The summed E-state index contributed by atoms with van der Waals surface area (Å²) in [7, 11) is 0. The summed E-state index contributed by atoms with van der Waals surface area (Å²) < 4.78 is 5.48. The topological polar surface area (TPSA) is 95.9 Å². The minimum atomic E-state index is -0.663. The molecule has 2 atom stereocenters. The number of allylic oxidation sites excluding steroid dienone is 4. The van der Waals surface area contributed by atoms with Crippen LogP contribution in [-0.2, 0) is 14.3 Å². The number of rotatable bonds is 72. The van der Waals surface area contributed by atoms with E-state index in [1.165, 1.54) is 347 Å². The third-order valence-electron chi connectivity index (χ3n) is 18.0. The zero-order valence-corrected chi connectivity index (χ0v) is 56.5. The number of aliphatic hydroxyl groups excluding tert-OH is 2. The number of amides is 1. The molecule has 2 unspecified atom stereocenters. The summed E-state index contributed by atoms with van der Waals surface area (Å²) in [6.07, 6.45) is 92.6. The van der Waals surface area contributed by atoms with E-state index in [0.29, 0.717) is 25.9 Å². The van der Waals surface area contributed by atoms with Crippen LogP contribution < -0.4 is 5.32 Å². The van der Waals surface area contributed by atoms with Crippen LogP contribution in [0.15, 0.2) is 24.3 Å². The number of ether oxygens (including phenoxy) is 1. The van der Waals surface area contributed by atoms with Gasteiger partial charge >= 0.3 is 5.97 Å². The van der Waals surface area contributed by atoms with Gasteiger partial charge in [-0.15, -0.1) is 0 Å². The van der Waals surface area contributed by atoms with Crippen molar-refractivity contribution in [3.63, 3.8) is 0 Å². The van der Waals surface area contributed by atoms with Gasteiger partial charge in [0.25, 0.3) is 0 Å². The maximum absolute atomic E-state index is 12.6. The van der Waals surface area contributed by atoms with E-state index in [1.54, 1.807) is 0 Å². The lowest BCUT2D eigenvalue weighted by molar-refractivity contribution is -0.143. The number of carbonyl (C=O) groups is 2. The highest BCUT2D eigenvalue weighted by molar-refractivity contribution is 5.76. The van der Waals surface area contributed by atoms with Gasteiger partial charge in [-0.2, -0.15) is 0 Å². The van der Waals surface area contributed by atoms with Crippen molar-refractivity contribution in [2.24, 2.45) is 0 Å². The molecule has 0 rings (SSSR count). The highest BCUT2D eigenvalue weighted by atomic mass is 16.5. The van der Waals surface area contributed by atoms with Crippen LogP contribution in [0.3, 0.4) is 0 Å². The van der Waals surface area contributed by atoms with Crippen LogP contribution in [-0.4, -0.2) is 47.4 Å². The van der Waals surface area contributed by atoms with E-state index in [-0.39, 0.29) is 18.5 Å². The fourth-order valence-electron chi connectivity index (χ4n) is 12.2. The zero-order valence-electron chi connectivity index (χ0n) is 56.5. The molecule has 0 heterocycles. The number of hydrogen-bond donors (Lipinski definition) is 3. The van der Waals surface area contributed by atoms with Crippen molar-refractivity contribution in [1.82, 2.24) is 5.32 Å². The molecule has 0 aliphatic rings. The monoisotopic (exact) mass is 1170 g/mol. The molecule has 0 spiro atoms. The molecule has 0 radical (unpaired) electrons. The van der Waals surface area contributed by atoms with Gasteiger partial charge in [0.2, 0.25) is 5.91 Å². The van der Waals surface area contributed by atoms with Crippen molar-refractivity contribution in [1.29, 1.82) is 0 Å². The molecule has 3 N–H and O–H groups in total. The van der Waals surface area contributed by atoms with E-state index in [2.05, 4.69) is 43.5 Å². The molecule has 83 heavy (non-hydrogen) atoms. The Morgan fingerprint density at radius 3 is 0.964 bits per heavy atom. The summed E-state index contributed by atoms with van der Waals surface area (Å²) in [5, 5.41) is 23.5. The Balaban J connectivity index is 3.34. The third-order valence-corrected chi connectivity index (χ3v) is 18.0. The number of esters is 1. The van der Waals surface area contributed by atoms with Gasteiger partial charge in [0, 0.05) is 12.8 Å². The lowest BCUT2D eigenvalue weighted by Crippen LogP contribution is -2.45. The van der Waals surface area contributed by atoms with Gasteiger partial charge in [-0.3, -0.25) is 9.59 Å². The average Bonchev–Trinajstić information content (AvgIpc) is 3.48. The zero-order chi connectivity index (χ0) is 59.9. The number of hydrogen-bond acceptors (Lipinski definition) is 5. The van der Waals surface area contributed by atoms with Gasteiger partial charge in [-0.1, -0.05) is 391 Å². The first kappa shape index (κ1) is 81.3. The van der Waals surface area contributed by atoms with Gasteiger partial charge < -0.3 is 20.3 Å². The summed E-state index contributed by atoms with van der Waals surface area (Å²) in [5.41, 5.74) is 0. The van der Waals surface area contributed by atoms with Crippen molar-refractivity contribution >= 4 is 11.9 Å². The second-order valence-electron chi connectivity index (χ2n) is 26.3. The predicted molar refractivity (Wildman–Crippen MR) is 366 cm³/mol. The minimum Gasteiger partial charge on any atom is -0.466 e. The van der Waals surface area contributed by atoms with Crippen LogP contribution in [0.25, 0.3) is 0 Å². The number of unbranched alkanes of at least 4 members (excludes halogenated alkanes) is 57. The average molecular weight is 1170 g/mol. The molecule has 0 saturated carbocycles. The summed E-state index contributed by atoms with van der Waals surface area (Å²) in [4.78, 5) is 24.6. The Bertz CT molecular complexity index is 1300. The van der Waals surface area contributed by atoms with E-state index in [4.69, 9.17) is 4.74 Å². The molecule has 0 bridgehead atoms. The molecule has 0 fully saturated rings. The molecule has 0 aromatic rings. The van der Waals surface area contributed by atoms with Gasteiger partial charge in [0.05, 0.1) is 25.4 Å². The van der Waals surface area contributed by atoms with Crippen molar-refractivity contribution in [3.05, 3.63) is 24.3 Å². The van der Waals surface area contributed by atoms with E-state index in [9.17, 15) is 19.8 Å². The Morgan fingerprint density at radius 1 is 0.337 bits per heavy atom. The van der Waals surface area contributed by atoms with Crippen LogP contribution in [0.5, 0.6) is 0 Å². The molecule has 6 heteroatoms. The van der Waals surface area contributed by atoms with E-state index in [0.717, 1.165) is 51.4 Å². The van der Waals surface area contributed by atoms with E-state index in [1.807, 2.05) is 0 Å². The Hall–Kier alpha value is -1.66. The second kappa shape index (κ2) is 72.8. The van der Waals surface area contributed by atoms with Crippen LogP contribution in [0, 0.1) is 0 Å². The minimum absolute atomic E-state index is 0.00554. The quantitative estimate of drug-likeness (QED) is 0.0320. The number of carbonyl (C=O) groups excluding carboxylic acids is 2. The lowest BCUT2D eigenvalue weighted by Gasteiger charge is -2.22. The van der Waals surface area contributed by atoms with Crippen molar-refractivity contribution < 1.29 is 24.5 Å². The first-order valence-electron chi connectivity index (χ1n) is 38.1. The van der Waals surface area contributed by atoms with Crippen LogP contribution in [0.1, 0.15) is 431 Å². The van der Waals surface area contributed by atoms with Crippen molar-refractivity contribution in [2.75, 3.05) is 13.2 Å². The van der Waals surface area contributed by atoms with E-state index >= 15 is 0 Å². The van der Waals surface area contributed by atoms with Crippen LogP contribution in [0.4, 0.5) is 0 Å². The molecule has 0 aliphatic carbocycles. The normalized spacial score (nSPS) is 12.6. The number of aliphatic hydroxyl groups is 2. The summed E-state index contributed by atoms with van der Waals surface area (Å²) in [6.45, 7) is 4.93. The maximum Gasteiger partial charge on any atom is 0.305 e. The third kappa shape index (κ3) is 69.3. The molecule has 6 nitrogen and oxygen atoms in total. The van der Waals surface area contributed by atoms with Crippen LogP contribution in [0.2, 0.25) is 0 Å². The maximum atomic E-state index is 12.6. The fourth-order valence-corrected chi connectivity index (χ4v) is 12.2. The Morgan fingerprint density at radius 2 is 0.627 bits per heavy atom. The molecule has 0 aliphatic heterocycles. The predicted octanol–water partition coefficient (Wildman–Crippen LogP) is 24.9. The highest BCUT2D eigenvalue weighted by Crippen LogP contribution is 2.20. The first-order chi connectivity index (χ1) is 41.0. The molecule has 1 amide bonds. The molecular weight excluding hydrogens is 1020 g/mol. The molecule has 0 aromatic carbocycles. The van der Waals surface area contributed by atoms with Gasteiger partial charge in [-0.25, -0.2) is 0 Å². The molecule has 492 valence electrons. The van der Waals surface area contributed by atoms with Gasteiger partial charge in [-0.05, 0) is 51.4 Å². The Kier molecular flexibility index (Phi) is 71.4. The smallest absolute Gasteiger partial charge is 0.305 e. The molecule has 0 saturated heterocycles. The summed E-state index contributed by atoms with van der Waals surface area (Å²) >= 11 is 0. The Labute approximate surface area is 520 Å². The fraction of sp³-hybridized carbons (Fsp3) is 0.922. The standard InChI is InChI=1S/C77H149NO5/c1-3-5-7-9-11-13-15-17-18-19-20-21-30-33-36-39-42-46-49-53-57-61-65-69-75(80)74(73-79)78-76(81)70-66-62-58-54-50-47-43-40-37-34-31-28-26-24-22-23-25-27-29-32-35-38-41-44-48-52-56-60-64-68-72-83-77(82)71-67-63-59-55-51-45-16-14-12-10-8-6-4-2/h8,10,14,16,74-75,79-80H,3-7,9,11-13,15,17-73H2,1-2H3,(H,78,81)/b10-8-,16-14-. The largest absolute Gasteiger partial charge is 0.466 e. The molecular formula is C77H149NO5. The number of nitrogens with one attached hydrogen (secondary N) is 1. The SMILES string of the molecule is CCC/C=C\C/C=C\CCCCCCCC(=O)OCCCCCCCCCCCCCCCCCCCCCCCCCCCCCCCCC(=O)NC(CO)C(O)CCCCCCCCCCCCCCCCCCCCCCCCC. The van der Waals surface area contributed by atoms with Crippen molar-refractivity contribution in [2.45, 2.75) is 443 Å². The van der Waals surface area contributed by atoms with Gasteiger partial charge in [0.1, 0.15) is 0 Å². The lowest BCUT2D eigenvalue weighted by atomic mass is 10.0. The van der Waals surface area contributed by atoms with E-state index < -0.39 is 12.1 Å². The van der Waals surface area contributed by atoms with Crippen LogP contribution >= 0.6 is 0 Å². The summed E-state index contributed by atoms with van der Waals surface area (Å²) in [6, 6.07) is -0.540. The molecule has 0 aromatic heterocycles. The second-order valence-corrected chi connectivity index (χ2v) is 26.3. The van der Waals surface area contributed by atoms with Crippen molar-refractivity contribution in [3.8, 4) is 0 Å².